The van der Waals surface area contributed by atoms with Crippen LogP contribution in [0.15, 0.2) is 47.5 Å². The van der Waals surface area contributed by atoms with E-state index in [1.54, 1.807) is 23.1 Å². The Hall–Kier alpha value is -1.20. The first-order chi connectivity index (χ1) is 11.5. The number of hydrogen-bond donors (Lipinski definition) is 0. The maximum absolute atomic E-state index is 12.7. The smallest absolute Gasteiger partial charge is 0.261 e. The molecule has 0 spiro atoms. The number of amides is 1. The zero-order valence-electron chi connectivity index (χ0n) is 12.5. The first-order valence-corrected chi connectivity index (χ1v) is 9.35. The third-order valence-electron chi connectivity index (χ3n) is 3.47. The molecule has 0 fully saturated rings. The fourth-order valence-electron chi connectivity index (χ4n) is 2.32. The average molecular weight is 400 g/mol. The number of thioether (sulfide) groups is 1. The molecule has 1 aliphatic rings. The molecule has 1 heterocycles. The quantitative estimate of drug-likeness (QED) is 0.693. The van der Waals surface area contributed by atoms with Crippen LogP contribution in [0.5, 0.6) is 0 Å². The predicted molar refractivity (Wildman–Crippen MR) is 103 cm³/mol. The van der Waals surface area contributed by atoms with Gasteiger partial charge in [-0.1, -0.05) is 58.7 Å². The summed E-state index contributed by atoms with van der Waals surface area (Å²) < 4.78 is 0. The number of rotatable bonds is 3. The van der Waals surface area contributed by atoms with E-state index in [9.17, 15) is 4.79 Å². The Balaban J connectivity index is 1.72. The van der Waals surface area contributed by atoms with Crippen molar-refractivity contribution in [3.63, 3.8) is 0 Å². The lowest BCUT2D eigenvalue weighted by molar-refractivity contribution is 0.0861. The number of nitrogens with zero attached hydrogens (tertiary/aromatic N) is 2. The molecular formula is C17H13Cl3N2OS. The first kappa shape index (κ1) is 17.6. The van der Waals surface area contributed by atoms with E-state index < -0.39 is 0 Å². The normalized spacial score (nSPS) is 14.0. The molecule has 3 rings (SSSR count). The molecule has 0 aliphatic carbocycles. The van der Waals surface area contributed by atoms with Crippen molar-refractivity contribution in [1.82, 2.24) is 4.90 Å². The van der Waals surface area contributed by atoms with Gasteiger partial charge < -0.3 is 0 Å². The Morgan fingerprint density at radius 1 is 1.12 bits per heavy atom. The topological polar surface area (TPSA) is 32.7 Å². The van der Waals surface area contributed by atoms with Gasteiger partial charge in [0.15, 0.2) is 5.17 Å². The largest absolute Gasteiger partial charge is 0.286 e. The molecule has 2 aromatic carbocycles. The fourth-order valence-corrected chi connectivity index (χ4v) is 4.01. The van der Waals surface area contributed by atoms with Gasteiger partial charge in [0, 0.05) is 22.3 Å². The van der Waals surface area contributed by atoms with Gasteiger partial charge in [-0.2, -0.15) is 0 Å². The zero-order chi connectivity index (χ0) is 17.1. The summed E-state index contributed by atoms with van der Waals surface area (Å²) in [5.74, 6) is 0.531. The van der Waals surface area contributed by atoms with E-state index in [-0.39, 0.29) is 5.91 Å². The molecule has 0 atom stereocenters. The Bertz CT molecular complexity index is 810. The Kier molecular flexibility index (Phi) is 5.72. The van der Waals surface area contributed by atoms with E-state index in [1.807, 2.05) is 24.3 Å². The van der Waals surface area contributed by atoms with E-state index in [1.165, 1.54) is 11.8 Å². The van der Waals surface area contributed by atoms with E-state index in [4.69, 9.17) is 34.8 Å². The van der Waals surface area contributed by atoms with E-state index in [0.29, 0.717) is 44.6 Å². The number of carbonyl (C=O) groups is 1. The van der Waals surface area contributed by atoms with Crippen LogP contribution < -0.4 is 0 Å². The highest BCUT2D eigenvalue weighted by molar-refractivity contribution is 8.13. The standard InChI is InChI=1S/C17H13Cl3N2OS/c18-12-3-1-2-11(8-12)10-24-17-21-6-7-22(17)16(23)14-5-4-13(19)9-15(14)20/h1-5,8-9H,6-7,10H2. The second-order valence-electron chi connectivity index (χ2n) is 5.16. The lowest BCUT2D eigenvalue weighted by atomic mass is 10.2. The third kappa shape index (κ3) is 4.06. The van der Waals surface area contributed by atoms with Crippen molar-refractivity contribution >= 4 is 57.6 Å². The molecule has 24 heavy (non-hydrogen) atoms. The molecule has 7 heteroatoms. The number of amidine groups is 1. The Morgan fingerprint density at radius 3 is 2.67 bits per heavy atom. The van der Waals surface area contributed by atoms with E-state index >= 15 is 0 Å². The van der Waals surface area contributed by atoms with Crippen molar-refractivity contribution < 1.29 is 4.79 Å². The van der Waals surface area contributed by atoms with Crippen molar-refractivity contribution in [3.8, 4) is 0 Å². The van der Waals surface area contributed by atoms with Gasteiger partial charge in [0.2, 0.25) is 0 Å². The van der Waals surface area contributed by atoms with Gasteiger partial charge in [0.05, 0.1) is 17.1 Å². The van der Waals surface area contributed by atoms with Crippen molar-refractivity contribution in [2.45, 2.75) is 5.75 Å². The van der Waals surface area contributed by atoms with Crippen LogP contribution in [0.2, 0.25) is 15.1 Å². The fraction of sp³-hybridized carbons (Fsp3) is 0.176. The highest BCUT2D eigenvalue weighted by Gasteiger charge is 2.26. The Labute approximate surface area is 159 Å². The average Bonchev–Trinajstić information content (AvgIpc) is 3.01. The summed E-state index contributed by atoms with van der Waals surface area (Å²) in [5.41, 5.74) is 1.51. The SMILES string of the molecule is O=C(c1ccc(Cl)cc1Cl)N1CCN=C1SCc1cccc(Cl)c1. The monoisotopic (exact) mass is 398 g/mol. The molecular weight excluding hydrogens is 387 g/mol. The van der Waals surface area contributed by atoms with Gasteiger partial charge in [-0.15, -0.1) is 0 Å². The van der Waals surface area contributed by atoms with E-state index in [0.717, 1.165) is 5.56 Å². The summed E-state index contributed by atoms with van der Waals surface area (Å²) in [7, 11) is 0. The third-order valence-corrected chi connectivity index (χ3v) is 5.33. The second-order valence-corrected chi connectivity index (χ2v) is 7.39. The highest BCUT2D eigenvalue weighted by Crippen LogP contribution is 2.26. The van der Waals surface area contributed by atoms with Crippen LogP contribution >= 0.6 is 46.6 Å². The number of halogens is 3. The molecule has 0 saturated carbocycles. The van der Waals surface area contributed by atoms with Gasteiger partial charge in [0.25, 0.3) is 5.91 Å². The van der Waals surface area contributed by atoms with Crippen molar-refractivity contribution in [3.05, 3.63) is 68.7 Å². The highest BCUT2D eigenvalue weighted by atomic mass is 35.5. The lowest BCUT2D eigenvalue weighted by Crippen LogP contribution is -2.33. The van der Waals surface area contributed by atoms with Gasteiger partial charge in [-0.3, -0.25) is 14.7 Å². The van der Waals surface area contributed by atoms with Crippen LogP contribution in [0.4, 0.5) is 0 Å². The van der Waals surface area contributed by atoms with Crippen LogP contribution in [0.25, 0.3) is 0 Å². The first-order valence-electron chi connectivity index (χ1n) is 7.23. The van der Waals surface area contributed by atoms with Crippen LogP contribution in [0.1, 0.15) is 15.9 Å². The van der Waals surface area contributed by atoms with E-state index in [2.05, 4.69) is 4.99 Å². The summed E-state index contributed by atoms with van der Waals surface area (Å²) >= 11 is 19.6. The Morgan fingerprint density at radius 2 is 1.92 bits per heavy atom. The summed E-state index contributed by atoms with van der Waals surface area (Å²) in [6.07, 6.45) is 0. The second kappa shape index (κ2) is 7.79. The van der Waals surface area contributed by atoms with Crippen molar-refractivity contribution in [2.75, 3.05) is 13.1 Å². The maximum atomic E-state index is 12.7. The minimum Gasteiger partial charge on any atom is -0.286 e. The maximum Gasteiger partial charge on any atom is 0.261 e. The minimum atomic E-state index is -0.161. The number of benzene rings is 2. The summed E-state index contributed by atoms with van der Waals surface area (Å²) in [6, 6.07) is 12.5. The van der Waals surface area contributed by atoms with Gasteiger partial charge >= 0.3 is 0 Å². The van der Waals surface area contributed by atoms with Crippen LogP contribution in [0, 0.1) is 0 Å². The summed E-state index contributed by atoms with van der Waals surface area (Å²) in [4.78, 5) is 18.8. The van der Waals surface area contributed by atoms with Gasteiger partial charge in [-0.25, -0.2) is 0 Å². The van der Waals surface area contributed by atoms with Crippen LogP contribution in [-0.4, -0.2) is 29.1 Å². The van der Waals surface area contributed by atoms with Crippen molar-refractivity contribution in [1.29, 1.82) is 0 Å². The molecule has 0 saturated heterocycles. The zero-order valence-corrected chi connectivity index (χ0v) is 15.6. The molecule has 3 nitrogen and oxygen atoms in total. The molecule has 0 aromatic heterocycles. The molecule has 0 unspecified atom stereocenters. The van der Waals surface area contributed by atoms with Crippen LogP contribution in [-0.2, 0) is 5.75 Å². The lowest BCUT2D eigenvalue weighted by Gasteiger charge is -2.18. The van der Waals surface area contributed by atoms with Gasteiger partial charge in [-0.05, 0) is 35.9 Å². The molecule has 2 aromatic rings. The van der Waals surface area contributed by atoms with Crippen molar-refractivity contribution in [2.24, 2.45) is 4.99 Å². The summed E-state index contributed by atoms with van der Waals surface area (Å²) in [6.45, 7) is 1.14. The summed E-state index contributed by atoms with van der Waals surface area (Å²) in [5, 5.41) is 2.24. The van der Waals surface area contributed by atoms with Crippen LogP contribution in [0.3, 0.4) is 0 Å². The molecule has 1 aliphatic heterocycles. The van der Waals surface area contributed by atoms with Gasteiger partial charge in [0.1, 0.15) is 0 Å². The molecule has 0 N–H and O–H groups in total. The molecule has 0 radical (unpaired) electrons. The molecule has 0 bridgehead atoms. The molecule has 1 amide bonds. The number of carbonyl (C=O) groups excluding carboxylic acids is 1. The molecule has 124 valence electrons. The predicted octanol–water partition coefficient (Wildman–Crippen LogP) is 5.39. The number of aliphatic imine (C=N–C) groups is 1. The number of hydrogen-bond acceptors (Lipinski definition) is 3. The minimum absolute atomic E-state index is 0.161.